The standard InChI is InChI=1S/C13H21NO5/c1-13(2,3)19-12(16)14-7-8-18-10(9-14)5-6-11(15)17-4/h5-6,10H,7-9H2,1-4H3/b6-5+/t10-/m0/s1. The van der Waals surface area contributed by atoms with Crippen LogP contribution in [-0.4, -0.2) is 55.5 Å². The molecule has 1 fully saturated rings. The van der Waals surface area contributed by atoms with Gasteiger partial charge in [-0.25, -0.2) is 9.59 Å². The van der Waals surface area contributed by atoms with E-state index in [4.69, 9.17) is 9.47 Å². The summed E-state index contributed by atoms with van der Waals surface area (Å²) in [6, 6.07) is 0. The highest BCUT2D eigenvalue weighted by Gasteiger charge is 2.27. The molecule has 1 aliphatic heterocycles. The van der Waals surface area contributed by atoms with Crippen LogP contribution in [-0.2, 0) is 19.0 Å². The highest BCUT2D eigenvalue weighted by molar-refractivity contribution is 5.81. The Morgan fingerprint density at radius 1 is 1.37 bits per heavy atom. The van der Waals surface area contributed by atoms with Gasteiger partial charge in [0, 0.05) is 12.6 Å². The topological polar surface area (TPSA) is 65.1 Å². The van der Waals surface area contributed by atoms with Crippen molar-refractivity contribution in [3.8, 4) is 0 Å². The summed E-state index contributed by atoms with van der Waals surface area (Å²) in [5.41, 5.74) is -0.521. The average Bonchev–Trinajstić information content (AvgIpc) is 2.34. The molecule has 6 nitrogen and oxygen atoms in total. The van der Waals surface area contributed by atoms with E-state index in [9.17, 15) is 9.59 Å². The predicted octanol–water partition coefficient (Wildman–Crippen LogP) is 1.35. The molecule has 108 valence electrons. The number of carbonyl (C=O) groups excluding carboxylic acids is 2. The summed E-state index contributed by atoms with van der Waals surface area (Å²) in [5, 5.41) is 0. The molecule has 0 bridgehead atoms. The molecule has 0 aliphatic carbocycles. The van der Waals surface area contributed by atoms with Crippen molar-refractivity contribution in [1.29, 1.82) is 0 Å². The van der Waals surface area contributed by atoms with Crippen LogP contribution in [0.4, 0.5) is 4.79 Å². The Balaban J connectivity index is 2.52. The van der Waals surface area contributed by atoms with Gasteiger partial charge in [-0.1, -0.05) is 0 Å². The van der Waals surface area contributed by atoms with Crippen molar-refractivity contribution >= 4 is 12.1 Å². The monoisotopic (exact) mass is 271 g/mol. The Morgan fingerprint density at radius 2 is 2.05 bits per heavy atom. The summed E-state index contributed by atoms with van der Waals surface area (Å²) in [7, 11) is 1.31. The number of nitrogens with zero attached hydrogens (tertiary/aromatic N) is 1. The first kappa shape index (κ1) is 15.5. The van der Waals surface area contributed by atoms with E-state index in [0.717, 1.165) is 0 Å². The molecule has 0 N–H and O–H groups in total. The fourth-order valence-corrected chi connectivity index (χ4v) is 1.54. The molecule has 1 heterocycles. The summed E-state index contributed by atoms with van der Waals surface area (Å²) < 4.78 is 15.2. The molecule has 1 aliphatic rings. The number of morpholine rings is 1. The van der Waals surface area contributed by atoms with Gasteiger partial charge in [-0.05, 0) is 26.8 Å². The average molecular weight is 271 g/mol. The lowest BCUT2D eigenvalue weighted by Crippen LogP contribution is -2.46. The van der Waals surface area contributed by atoms with Crippen molar-refractivity contribution in [2.24, 2.45) is 0 Å². The van der Waals surface area contributed by atoms with Crippen LogP contribution in [0.5, 0.6) is 0 Å². The molecule has 0 radical (unpaired) electrons. The molecule has 1 atom stereocenters. The normalized spacial score (nSPS) is 20.4. The zero-order chi connectivity index (χ0) is 14.5. The second kappa shape index (κ2) is 6.56. The third-order valence-corrected chi connectivity index (χ3v) is 2.39. The Bertz CT molecular complexity index is 359. The van der Waals surface area contributed by atoms with Gasteiger partial charge in [0.05, 0.1) is 26.4 Å². The van der Waals surface area contributed by atoms with Crippen LogP contribution < -0.4 is 0 Å². The molecule has 0 unspecified atom stereocenters. The summed E-state index contributed by atoms with van der Waals surface area (Å²) in [5.74, 6) is -0.446. The van der Waals surface area contributed by atoms with E-state index in [1.165, 1.54) is 13.2 Å². The summed E-state index contributed by atoms with van der Waals surface area (Å²) in [6.45, 7) is 6.72. The van der Waals surface area contributed by atoms with Gasteiger partial charge in [-0.3, -0.25) is 0 Å². The minimum absolute atomic E-state index is 0.319. The maximum absolute atomic E-state index is 11.9. The SMILES string of the molecule is COC(=O)/C=C/[C@H]1CN(C(=O)OC(C)(C)C)CCO1. The predicted molar refractivity (Wildman–Crippen MR) is 68.7 cm³/mol. The largest absolute Gasteiger partial charge is 0.466 e. The highest BCUT2D eigenvalue weighted by atomic mass is 16.6. The van der Waals surface area contributed by atoms with Crippen LogP contribution in [0.1, 0.15) is 20.8 Å². The fourth-order valence-electron chi connectivity index (χ4n) is 1.54. The minimum Gasteiger partial charge on any atom is -0.466 e. The third kappa shape index (κ3) is 5.74. The number of esters is 1. The van der Waals surface area contributed by atoms with Crippen molar-refractivity contribution in [2.45, 2.75) is 32.5 Å². The first-order valence-electron chi connectivity index (χ1n) is 6.17. The Morgan fingerprint density at radius 3 is 2.63 bits per heavy atom. The van der Waals surface area contributed by atoms with Gasteiger partial charge in [-0.15, -0.1) is 0 Å². The second-order valence-corrected chi connectivity index (χ2v) is 5.22. The van der Waals surface area contributed by atoms with E-state index in [2.05, 4.69) is 4.74 Å². The molecule has 1 amide bonds. The maximum atomic E-state index is 11.9. The lowest BCUT2D eigenvalue weighted by Gasteiger charge is -2.33. The molecule has 1 rings (SSSR count). The molecule has 0 aromatic carbocycles. The molecule has 1 saturated heterocycles. The van der Waals surface area contributed by atoms with Crippen LogP contribution >= 0.6 is 0 Å². The number of rotatable bonds is 2. The Kier molecular flexibility index (Phi) is 5.35. The lowest BCUT2D eigenvalue weighted by molar-refractivity contribution is -0.134. The van der Waals surface area contributed by atoms with Gasteiger partial charge in [0.25, 0.3) is 0 Å². The van der Waals surface area contributed by atoms with Gasteiger partial charge in [0.1, 0.15) is 5.60 Å². The highest BCUT2D eigenvalue weighted by Crippen LogP contribution is 2.13. The molecule has 0 spiro atoms. The summed E-state index contributed by atoms with van der Waals surface area (Å²) >= 11 is 0. The van der Waals surface area contributed by atoms with E-state index in [1.54, 1.807) is 11.0 Å². The maximum Gasteiger partial charge on any atom is 0.410 e. The number of ether oxygens (including phenoxy) is 3. The van der Waals surface area contributed by atoms with Crippen molar-refractivity contribution in [2.75, 3.05) is 26.8 Å². The molecule has 19 heavy (non-hydrogen) atoms. The number of hydrogen-bond acceptors (Lipinski definition) is 5. The number of amides is 1. The zero-order valence-corrected chi connectivity index (χ0v) is 11.8. The molecule has 6 heteroatoms. The van der Waals surface area contributed by atoms with Crippen LogP contribution in [0.3, 0.4) is 0 Å². The number of methoxy groups -OCH3 is 1. The van der Waals surface area contributed by atoms with Crippen molar-refractivity contribution in [3.05, 3.63) is 12.2 Å². The van der Waals surface area contributed by atoms with Gasteiger partial charge in [-0.2, -0.15) is 0 Å². The summed E-state index contributed by atoms with van der Waals surface area (Å²) in [4.78, 5) is 24.4. The molecule has 0 aromatic rings. The van der Waals surface area contributed by atoms with E-state index < -0.39 is 11.6 Å². The third-order valence-electron chi connectivity index (χ3n) is 2.39. The summed E-state index contributed by atoms with van der Waals surface area (Å²) in [6.07, 6.45) is 2.19. The molecular weight excluding hydrogens is 250 g/mol. The van der Waals surface area contributed by atoms with Crippen LogP contribution in [0, 0.1) is 0 Å². The number of hydrogen-bond donors (Lipinski definition) is 0. The Labute approximate surface area is 113 Å². The lowest BCUT2D eigenvalue weighted by atomic mass is 10.2. The van der Waals surface area contributed by atoms with Gasteiger partial charge in [0.15, 0.2) is 0 Å². The van der Waals surface area contributed by atoms with E-state index in [-0.39, 0.29) is 12.2 Å². The smallest absolute Gasteiger partial charge is 0.410 e. The van der Waals surface area contributed by atoms with E-state index >= 15 is 0 Å². The zero-order valence-electron chi connectivity index (χ0n) is 11.8. The molecule has 0 saturated carbocycles. The molecule has 0 aromatic heterocycles. The van der Waals surface area contributed by atoms with E-state index in [1.807, 2.05) is 20.8 Å². The minimum atomic E-state index is -0.521. The Hall–Kier alpha value is -1.56. The first-order valence-corrected chi connectivity index (χ1v) is 6.17. The van der Waals surface area contributed by atoms with Gasteiger partial charge in [0.2, 0.25) is 0 Å². The van der Waals surface area contributed by atoms with Crippen molar-refractivity contribution in [3.63, 3.8) is 0 Å². The quantitative estimate of drug-likeness (QED) is 0.560. The fraction of sp³-hybridized carbons (Fsp3) is 0.692. The second-order valence-electron chi connectivity index (χ2n) is 5.22. The van der Waals surface area contributed by atoms with Gasteiger partial charge >= 0.3 is 12.1 Å². The van der Waals surface area contributed by atoms with Crippen molar-refractivity contribution in [1.82, 2.24) is 4.90 Å². The van der Waals surface area contributed by atoms with Gasteiger partial charge < -0.3 is 19.1 Å². The number of carbonyl (C=O) groups is 2. The van der Waals surface area contributed by atoms with Crippen LogP contribution in [0.25, 0.3) is 0 Å². The van der Waals surface area contributed by atoms with Crippen LogP contribution in [0.2, 0.25) is 0 Å². The van der Waals surface area contributed by atoms with Crippen molar-refractivity contribution < 1.29 is 23.8 Å². The molecular formula is C13H21NO5. The first-order chi connectivity index (χ1) is 8.81. The van der Waals surface area contributed by atoms with E-state index in [0.29, 0.717) is 19.7 Å². The van der Waals surface area contributed by atoms with Crippen LogP contribution in [0.15, 0.2) is 12.2 Å².